The first kappa shape index (κ1) is 15.0. The van der Waals surface area contributed by atoms with E-state index in [2.05, 4.69) is 4.98 Å². The van der Waals surface area contributed by atoms with Gasteiger partial charge in [-0.05, 0) is 18.8 Å². The first-order chi connectivity index (χ1) is 9.32. The summed E-state index contributed by atoms with van der Waals surface area (Å²) in [6, 6.07) is -0.977. The minimum Gasteiger partial charge on any atom is -0.480 e. The molecule has 2 rings (SSSR count). The molecule has 0 unspecified atom stereocenters. The van der Waals surface area contributed by atoms with Gasteiger partial charge in [0, 0.05) is 19.3 Å². The van der Waals surface area contributed by atoms with Crippen LogP contribution in [0.25, 0.3) is 0 Å². The summed E-state index contributed by atoms with van der Waals surface area (Å²) < 4.78 is 27.6. The van der Waals surface area contributed by atoms with Crippen LogP contribution in [0.4, 0.5) is 0 Å². The smallest absolute Gasteiger partial charge is 0.322 e. The quantitative estimate of drug-likeness (QED) is 0.867. The zero-order valence-electron chi connectivity index (χ0n) is 11.6. The third-order valence-electron chi connectivity index (χ3n) is 3.25. The monoisotopic (exact) mass is 301 g/mol. The molecule has 1 aliphatic rings. The molecule has 1 atom stereocenters. The van der Waals surface area contributed by atoms with Crippen molar-refractivity contribution in [2.24, 2.45) is 5.92 Å². The van der Waals surface area contributed by atoms with E-state index in [9.17, 15) is 13.2 Å². The fourth-order valence-electron chi connectivity index (χ4n) is 2.39. The Morgan fingerprint density at radius 3 is 2.85 bits per heavy atom. The van der Waals surface area contributed by atoms with Crippen molar-refractivity contribution < 1.29 is 18.3 Å². The Kier molecular flexibility index (Phi) is 4.14. The van der Waals surface area contributed by atoms with E-state index < -0.39 is 22.0 Å². The Morgan fingerprint density at radius 2 is 2.25 bits per heavy atom. The minimum atomic E-state index is -3.83. The van der Waals surface area contributed by atoms with E-state index in [0.29, 0.717) is 25.3 Å². The molecule has 7 nitrogen and oxygen atoms in total. The van der Waals surface area contributed by atoms with Gasteiger partial charge in [0.1, 0.15) is 6.04 Å². The van der Waals surface area contributed by atoms with Gasteiger partial charge in [-0.15, -0.1) is 0 Å². The lowest BCUT2D eigenvalue weighted by atomic mass is 10.2. The highest BCUT2D eigenvalue weighted by Crippen LogP contribution is 2.25. The maximum atomic E-state index is 12.4. The van der Waals surface area contributed by atoms with Crippen LogP contribution in [0.1, 0.15) is 26.7 Å². The van der Waals surface area contributed by atoms with Crippen molar-refractivity contribution in [2.45, 2.75) is 44.3 Å². The summed E-state index contributed by atoms with van der Waals surface area (Å²) in [4.78, 5) is 15.0. The maximum Gasteiger partial charge on any atom is 0.322 e. The van der Waals surface area contributed by atoms with Crippen molar-refractivity contribution in [1.29, 1.82) is 0 Å². The van der Waals surface area contributed by atoms with Gasteiger partial charge in [-0.1, -0.05) is 13.8 Å². The second-order valence-corrected chi connectivity index (χ2v) is 7.25. The van der Waals surface area contributed by atoms with Gasteiger partial charge < -0.3 is 9.67 Å². The fourth-order valence-corrected chi connectivity index (χ4v) is 3.98. The average molecular weight is 301 g/mol. The third-order valence-corrected chi connectivity index (χ3v) is 5.04. The minimum absolute atomic E-state index is 0.0775. The summed E-state index contributed by atoms with van der Waals surface area (Å²) in [5.41, 5.74) is 0. The highest BCUT2D eigenvalue weighted by Gasteiger charge is 2.40. The lowest BCUT2D eigenvalue weighted by Crippen LogP contribution is -2.40. The molecule has 0 amide bonds. The number of carbonyl (C=O) groups is 1. The molecule has 0 aromatic carbocycles. The molecule has 1 aromatic heterocycles. The highest BCUT2D eigenvalue weighted by atomic mass is 32.2. The molecule has 0 saturated carbocycles. The van der Waals surface area contributed by atoms with Gasteiger partial charge in [-0.3, -0.25) is 4.79 Å². The van der Waals surface area contributed by atoms with Gasteiger partial charge in [-0.25, -0.2) is 13.4 Å². The van der Waals surface area contributed by atoms with Crippen molar-refractivity contribution in [1.82, 2.24) is 13.9 Å². The van der Waals surface area contributed by atoms with E-state index in [4.69, 9.17) is 5.11 Å². The van der Waals surface area contributed by atoms with Gasteiger partial charge >= 0.3 is 5.97 Å². The van der Waals surface area contributed by atoms with E-state index in [-0.39, 0.29) is 11.6 Å². The van der Waals surface area contributed by atoms with E-state index in [1.165, 1.54) is 12.5 Å². The topological polar surface area (TPSA) is 92.5 Å². The fraction of sp³-hybridized carbons (Fsp3) is 0.667. The Bertz CT molecular complexity index is 594. The molecule has 0 aliphatic carbocycles. The second kappa shape index (κ2) is 5.53. The first-order valence-corrected chi connectivity index (χ1v) is 8.03. The van der Waals surface area contributed by atoms with Gasteiger partial charge in [0.2, 0.25) is 0 Å². The molecular weight excluding hydrogens is 282 g/mol. The van der Waals surface area contributed by atoms with E-state index >= 15 is 0 Å². The molecule has 1 aliphatic heterocycles. The lowest BCUT2D eigenvalue weighted by Gasteiger charge is -2.19. The molecule has 1 aromatic rings. The molecule has 1 fully saturated rings. The second-order valence-electron chi connectivity index (χ2n) is 5.41. The number of aliphatic carboxylic acids is 1. The summed E-state index contributed by atoms with van der Waals surface area (Å²) in [5, 5.41) is 9.01. The Hall–Kier alpha value is -1.41. The molecule has 20 heavy (non-hydrogen) atoms. The summed E-state index contributed by atoms with van der Waals surface area (Å²) in [6.45, 7) is 4.95. The van der Waals surface area contributed by atoms with Crippen molar-refractivity contribution in [2.75, 3.05) is 6.54 Å². The number of hydrogen-bond acceptors (Lipinski definition) is 4. The van der Waals surface area contributed by atoms with Crippen molar-refractivity contribution >= 4 is 16.0 Å². The number of sulfonamides is 1. The zero-order chi connectivity index (χ0) is 14.9. The highest BCUT2D eigenvalue weighted by molar-refractivity contribution is 7.89. The van der Waals surface area contributed by atoms with E-state index in [0.717, 1.165) is 4.31 Å². The maximum absolute atomic E-state index is 12.4. The average Bonchev–Trinajstić information content (AvgIpc) is 2.95. The molecule has 0 bridgehead atoms. The first-order valence-electron chi connectivity index (χ1n) is 6.59. The largest absolute Gasteiger partial charge is 0.480 e. The van der Waals surface area contributed by atoms with Crippen LogP contribution in [0.2, 0.25) is 0 Å². The van der Waals surface area contributed by atoms with E-state index in [1.807, 2.05) is 13.8 Å². The number of hydrogen-bond donors (Lipinski definition) is 1. The molecule has 112 valence electrons. The predicted octanol–water partition coefficient (Wildman–Crippen LogP) is 0.777. The third kappa shape index (κ3) is 2.85. The number of imidazole rings is 1. The van der Waals surface area contributed by atoms with Crippen LogP contribution < -0.4 is 0 Å². The van der Waals surface area contributed by atoms with Crippen LogP contribution in [0.3, 0.4) is 0 Å². The normalized spacial score (nSPS) is 20.6. The molecule has 2 heterocycles. The zero-order valence-corrected chi connectivity index (χ0v) is 12.4. The predicted molar refractivity (Wildman–Crippen MR) is 71.6 cm³/mol. The van der Waals surface area contributed by atoms with Crippen LogP contribution in [-0.4, -0.2) is 45.9 Å². The van der Waals surface area contributed by atoms with Crippen molar-refractivity contribution in [3.8, 4) is 0 Å². The number of nitrogens with zero attached hydrogens (tertiary/aromatic N) is 3. The summed E-state index contributed by atoms with van der Waals surface area (Å²) >= 11 is 0. The number of rotatable bonds is 5. The molecule has 0 spiro atoms. The lowest BCUT2D eigenvalue weighted by molar-refractivity contribution is -0.140. The van der Waals surface area contributed by atoms with Crippen LogP contribution >= 0.6 is 0 Å². The molecule has 1 N–H and O–H groups in total. The molecule has 0 radical (unpaired) electrons. The Balaban J connectivity index is 2.26. The van der Waals surface area contributed by atoms with Crippen LogP contribution in [0.5, 0.6) is 0 Å². The summed E-state index contributed by atoms with van der Waals surface area (Å²) in [5.74, 6) is -0.731. The summed E-state index contributed by atoms with van der Waals surface area (Å²) in [7, 11) is -3.83. The van der Waals surface area contributed by atoms with Gasteiger partial charge in [0.15, 0.2) is 5.03 Å². The number of carboxylic acid groups (broad SMARTS) is 1. The van der Waals surface area contributed by atoms with Crippen LogP contribution in [-0.2, 0) is 21.4 Å². The van der Waals surface area contributed by atoms with Gasteiger partial charge in [-0.2, -0.15) is 4.31 Å². The summed E-state index contributed by atoms with van der Waals surface area (Å²) in [6.07, 6.45) is 3.84. The van der Waals surface area contributed by atoms with E-state index in [1.54, 1.807) is 4.57 Å². The number of aromatic nitrogens is 2. The molecule has 1 saturated heterocycles. The van der Waals surface area contributed by atoms with Crippen LogP contribution in [0, 0.1) is 5.92 Å². The van der Waals surface area contributed by atoms with Crippen molar-refractivity contribution in [3.05, 3.63) is 12.5 Å². The number of carboxylic acids is 1. The van der Waals surface area contributed by atoms with Gasteiger partial charge in [0.25, 0.3) is 10.0 Å². The standard InChI is InChI=1S/C12H19N3O4S/c1-9(2)6-14-7-11(13-8-14)20(18,19)15-5-3-4-10(15)12(16)17/h7-10H,3-6H2,1-2H3,(H,16,17)/t10-/m0/s1. The Labute approximate surface area is 118 Å². The Morgan fingerprint density at radius 1 is 1.55 bits per heavy atom. The van der Waals surface area contributed by atoms with Gasteiger partial charge in [0.05, 0.1) is 6.33 Å². The van der Waals surface area contributed by atoms with Crippen molar-refractivity contribution in [3.63, 3.8) is 0 Å². The SMILES string of the molecule is CC(C)Cn1cnc(S(=O)(=O)N2CCC[C@H]2C(=O)O)c1. The molecular formula is C12H19N3O4S. The van der Waals surface area contributed by atoms with Crippen LogP contribution in [0.15, 0.2) is 17.6 Å². The molecule has 8 heteroatoms.